The van der Waals surface area contributed by atoms with Crippen LogP contribution in [0.1, 0.15) is 28.9 Å². The van der Waals surface area contributed by atoms with E-state index < -0.39 is 16.9 Å². The lowest BCUT2D eigenvalue weighted by Crippen LogP contribution is -2.26. The van der Waals surface area contributed by atoms with Crippen LogP contribution in [0.15, 0.2) is 54.6 Å². The standard InChI is InChI=1S/C20H18N2O5/c1-12(13-3-6-16(7-4-13)22(25)26)21-20(24)18-10-15-9-17(27-2)8-5-14(15)11-19(18)23/h3-12,23H,1-2H3,(H,21,24)/t12-/m0/s1. The van der Waals surface area contributed by atoms with Gasteiger partial charge in [-0.25, -0.2) is 0 Å². The SMILES string of the molecule is COc1ccc2cc(O)c(C(=O)N[C@@H](C)c3ccc([N+](=O)[O-])cc3)cc2c1. The molecule has 0 radical (unpaired) electrons. The summed E-state index contributed by atoms with van der Waals surface area (Å²) >= 11 is 0. The van der Waals surface area contributed by atoms with Gasteiger partial charge in [-0.1, -0.05) is 18.2 Å². The molecule has 0 aliphatic carbocycles. The summed E-state index contributed by atoms with van der Waals surface area (Å²) in [6, 6.07) is 14.1. The highest BCUT2D eigenvalue weighted by Crippen LogP contribution is 2.28. The summed E-state index contributed by atoms with van der Waals surface area (Å²) in [6.45, 7) is 1.76. The van der Waals surface area contributed by atoms with Crippen LogP contribution in [0, 0.1) is 10.1 Å². The van der Waals surface area contributed by atoms with Gasteiger partial charge in [0, 0.05) is 12.1 Å². The highest BCUT2D eigenvalue weighted by Gasteiger charge is 2.17. The fourth-order valence-corrected chi connectivity index (χ4v) is 2.82. The van der Waals surface area contributed by atoms with E-state index in [-0.39, 0.29) is 17.0 Å². The second-order valence-corrected chi connectivity index (χ2v) is 6.13. The van der Waals surface area contributed by atoms with Crippen LogP contribution in [-0.4, -0.2) is 23.0 Å². The number of benzene rings is 3. The molecule has 3 aromatic carbocycles. The number of carbonyl (C=O) groups excluding carboxylic acids is 1. The molecule has 0 aliphatic rings. The first-order chi connectivity index (χ1) is 12.9. The van der Waals surface area contributed by atoms with E-state index in [0.29, 0.717) is 5.75 Å². The quantitative estimate of drug-likeness (QED) is 0.526. The van der Waals surface area contributed by atoms with Gasteiger partial charge in [0.15, 0.2) is 0 Å². The van der Waals surface area contributed by atoms with E-state index in [4.69, 9.17) is 4.74 Å². The summed E-state index contributed by atoms with van der Waals surface area (Å²) in [7, 11) is 1.56. The van der Waals surface area contributed by atoms with E-state index in [9.17, 15) is 20.0 Å². The van der Waals surface area contributed by atoms with Crippen LogP contribution >= 0.6 is 0 Å². The molecule has 1 amide bonds. The van der Waals surface area contributed by atoms with E-state index >= 15 is 0 Å². The smallest absolute Gasteiger partial charge is 0.269 e. The van der Waals surface area contributed by atoms with Crippen LogP contribution in [0.5, 0.6) is 11.5 Å². The van der Waals surface area contributed by atoms with Crippen molar-refractivity contribution in [2.45, 2.75) is 13.0 Å². The Labute approximate surface area is 155 Å². The number of hydrogen-bond donors (Lipinski definition) is 2. The molecule has 1 atom stereocenters. The van der Waals surface area contributed by atoms with Crippen LogP contribution in [0.2, 0.25) is 0 Å². The average molecular weight is 366 g/mol. The van der Waals surface area contributed by atoms with Crippen LogP contribution in [0.3, 0.4) is 0 Å². The molecule has 27 heavy (non-hydrogen) atoms. The van der Waals surface area contributed by atoms with Gasteiger partial charge in [0.1, 0.15) is 11.5 Å². The molecule has 7 heteroatoms. The normalized spacial score (nSPS) is 11.8. The van der Waals surface area contributed by atoms with Gasteiger partial charge < -0.3 is 15.2 Å². The fourth-order valence-electron chi connectivity index (χ4n) is 2.82. The summed E-state index contributed by atoms with van der Waals surface area (Å²) in [5.41, 5.74) is 0.846. The van der Waals surface area contributed by atoms with Crippen molar-refractivity contribution < 1.29 is 19.6 Å². The largest absolute Gasteiger partial charge is 0.507 e. The maximum Gasteiger partial charge on any atom is 0.269 e. The highest BCUT2D eigenvalue weighted by atomic mass is 16.6. The lowest BCUT2D eigenvalue weighted by Gasteiger charge is -2.15. The molecule has 7 nitrogen and oxygen atoms in total. The van der Waals surface area contributed by atoms with Gasteiger partial charge in [-0.05, 0) is 47.5 Å². The number of hydrogen-bond acceptors (Lipinski definition) is 5. The number of aromatic hydroxyl groups is 1. The van der Waals surface area contributed by atoms with Crippen molar-refractivity contribution in [3.63, 3.8) is 0 Å². The zero-order chi connectivity index (χ0) is 19.6. The molecule has 0 unspecified atom stereocenters. The number of nitro benzene ring substituents is 1. The van der Waals surface area contributed by atoms with E-state index in [1.807, 2.05) is 0 Å². The Morgan fingerprint density at radius 2 is 1.81 bits per heavy atom. The molecule has 0 spiro atoms. The number of phenolic OH excluding ortho intramolecular Hbond substituents is 1. The zero-order valence-corrected chi connectivity index (χ0v) is 14.8. The van der Waals surface area contributed by atoms with Gasteiger partial charge in [-0.15, -0.1) is 0 Å². The average Bonchev–Trinajstić information content (AvgIpc) is 2.67. The maximum absolute atomic E-state index is 12.6. The van der Waals surface area contributed by atoms with Gasteiger partial charge in [-0.3, -0.25) is 14.9 Å². The van der Waals surface area contributed by atoms with Crippen LogP contribution in [0.4, 0.5) is 5.69 Å². The number of methoxy groups -OCH3 is 1. The topological polar surface area (TPSA) is 102 Å². The summed E-state index contributed by atoms with van der Waals surface area (Å²) < 4.78 is 5.19. The fraction of sp³-hybridized carbons (Fsp3) is 0.150. The first kappa shape index (κ1) is 18.2. The van der Waals surface area contributed by atoms with E-state index in [1.165, 1.54) is 18.2 Å². The molecule has 138 valence electrons. The Kier molecular flexibility index (Phi) is 4.94. The van der Waals surface area contributed by atoms with Gasteiger partial charge in [0.05, 0.1) is 23.6 Å². The molecule has 0 aromatic heterocycles. The summed E-state index contributed by atoms with van der Waals surface area (Å²) in [4.78, 5) is 22.9. The number of non-ortho nitro benzene ring substituents is 1. The Morgan fingerprint density at radius 1 is 1.11 bits per heavy atom. The Balaban J connectivity index is 1.84. The van der Waals surface area contributed by atoms with Crippen molar-refractivity contribution in [2.75, 3.05) is 7.11 Å². The number of rotatable bonds is 5. The van der Waals surface area contributed by atoms with Gasteiger partial charge in [-0.2, -0.15) is 0 Å². The number of amides is 1. The Morgan fingerprint density at radius 3 is 2.44 bits per heavy atom. The predicted molar refractivity (Wildman–Crippen MR) is 101 cm³/mol. The van der Waals surface area contributed by atoms with E-state index in [1.54, 1.807) is 50.4 Å². The number of fused-ring (bicyclic) bond motifs is 1. The lowest BCUT2D eigenvalue weighted by molar-refractivity contribution is -0.384. The van der Waals surface area contributed by atoms with Gasteiger partial charge in [0.2, 0.25) is 0 Å². The Bertz CT molecular complexity index is 1010. The third-order valence-corrected chi connectivity index (χ3v) is 4.36. The summed E-state index contributed by atoms with van der Waals surface area (Å²) in [6.07, 6.45) is 0. The first-order valence-electron chi connectivity index (χ1n) is 8.25. The molecule has 0 saturated heterocycles. The van der Waals surface area contributed by atoms with Gasteiger partial charge in [0.25, 0.3) is 11.6 Å². The van der Waals surface area contributed by atoms with Crippen molar-refractivity contribution in [1.29, 1.82) is 0 Å². The minimum absolute atomic E-state index is 0.0154. The number of carbonyl (C=O) groups is 1. The molecule has 0 aliphatic heterocycles. The highest BCUT2D eigenvalue weighted by molar-refractivity contribution is 6.01. The van der Waals surface area contributed by atoms with Gasteiger partial charge >= 0.3 is 0 Å². The van der Waals surface area contributed by atoms with Crippen molar-refractivity contribution in [2.24, 2.45) is 0 Å². The van der Waals surface area contributed by atoms with Crippen molar-refractivity contribution in [3.8, 4) is 11.5 Å². The first-order valence-corrected chi connectivity index (χ1v) is 8.25. The monoisotopic (exact) mass is 366 g/mol. The van der Waals surface area contributed by atoms with Crippen molar-refractivity contribution in [3.05, 3.63) is 75.8 Å². The zero-order valence-electron chi connectivity index (χ0n) is 14.8. The second kappa shape index (κ2) is 7.33. The molecule has 3 rings (SSSR count). The van der Waals surface area contributed by atoms with E-state index in [2.05, 4.69) is 5.32 Å². The molecule has 0 heterocycles. The number of nitrogens with zero attached hydrogens (tertiary/aromatic N) is 1. The molecular weight excluding hydrogens is 348 g/mol. The third kappa shape index (κ3) is 3.82. The van der Waals surface area contributed by atoms with Crippen LogP contribution in [-0.2, 0) is 0 Å². The molecule has 0 saturated carbocycles. The second-order valence-electron chi connectivity index (χ2n) is 6.13. The lowest BCUT2D eigenvalue weighted by atomic mass is 10.0. The van der Waals surface area contributed by atoms with Crippen molar-refractivity contribution in [1.82, 2.24) is 5.32 Å². The number of ether oxygens (including phenoxy) is 1. The molecule has 0 fully saturated rings. The minimum atomic E-state index is -0.478. The number of phenols is 1. The van der Waals surface area contributed by atoms with Crippen LogP contribution in [0.25, 0.3) is 10.8 Å². The molecule has 3 aromatic rings. The predicted octanol–water partition coefficient (Wildman–Crippen LogP) is 3.95. The summed E-state index contributed by atoms with van der Waals surface area (Å²) in [5, 5.41) is 25.3. The molecule has 0 bridgehead atoms. The number of nitro groups is 1. The maximum atomic E-state index is 12.6. The summed E-state index contributed by atoms with van der Waals surface area (Å²) in [5.74, 6) is 0.0861. The minimum Gasteiger partial charge on any atom is -0.507 e. The van der Waals surface area contributed by atoms with Crippen LogP contribution < -0.4 is 10.1 Å². The Hall–Kier alpha value is -3.61. The van der Waals surface area contributed by atoms with E-state index in [0.717, 1.165) is 16.3 Å². The van der Waals surface area contributed by atoms with Crippen molar-refractivity contribution >= 4 is 22.4 Å². The number of nitrogens with one attached hydrogen (secondary N) is 1. The molecular formula is C20H18N2O5. The third-order valence-electron chi connectivity index (χ3n) is 4.36. The molecule has 2 N–H and O–H groups in total.